The van der Waals surface area contributed by atoms with Gasteiger partial charge < -0.3 is 4.90 Å². The highest BCUT2D eigenvalue weighted by Crippen LogP contribution is 2.17. The zero-order valence-electron chi connectivity index (χ0n) is 11.0. The Morgan fingerprint density at radius 3 is 3.00 bits per heavy atom. The summed E-state index contributed by atoms with van der Waals surface area (Å²) in [5.41, 5.74) is 0. The molecule has 1 fully saturated rings. The number of piperidine rings is 1. The molecule has 2 heterocycles. The molecule has 2 rings (SSSR count). The third-order valence-electron chi connectivity index (χ3n) is 2.93. The Hall–Kier alpha value is -1.50. The molecule has 1 aromatic heterocycles. The maximum absolute atomic E-state index is 11.8. The minimum absolute atomic E-state index is 0.0605. The summed E-state index contributed by atoms with van der Waals surface area (Å²) in [6, 6.07) is 0. The van der Waals surface area contributed by atoms with Gasteiger partial charge in [-0.15, -0.1) is 10.2 Å². The molecule has 0 radical (unpaired) electrons. The number of hydrogen-bond acceptors (Lipinski definition) is 5. The standard InChI is InChI=1S/C12H18N4O2S/c1-2-5-10-14-15-12(19-10)13-9(17)8-16-7-4-3-6-11(16)18/h2-8H2,1H3,(H,13,15,17). The lowest BCUT2D eigenvalue weighted by Crippen LogP contribution is -2.40. The van der Waals surface area contributed by atoms with E-state index >= 15 is 0 Å². The number of aromatic nitrogens is 2. The van der Waals surface area contributed by atoms with E-state index in [0.717, 1.165) is 30.7 Å². The van der Waals surface area contributed by atoms with Gasteiger partial charge in [-0.25, -0.2) is 0 Å². The molecule has 104 valence electrons. The largest absolute Gasteiger partial charge is 0.333 e. The molecule has 1 aliphatic rings. The van der Waals surface area contributed by atoms with Crippen molar-refractivity contribution in [2.24, 2.45) is 0 Å². The fraction of sp³-hybridized carbons (Fsp3) is 0.667. The van der Waals surface area contributed by atoms with Gasteiger partial charge in [-0.2, -0.15) is 0 Å². The smallest absolute Gasteiger partial charge is 0.245 e. The van der Waals surface area contributed by atoms with E-state index in [2.05, 4.69) is 22.4 Å². The highest BCUT2D eigenvalue weighted by Gasteiger charge is 2.20. The van der Waals surface area contributed by atoms with Crippen LogP contribution in [0.1, 0.15) is 37.6 Å². The lowest BCUT2D eigenvalue weighted by Gasteiger charge is -2.25. The Balaban J connectivity index is 1.84. The Labute approximate surface area is 116 Å². The first-order valence-corrected chi connectivity index (χ1v) is 7.40. The van der Waals surface area contributed by atoms with Crippen LogP contribution in [0, 0.1) is 0 Å². The number of rotatable bonds is 5. The van der Waals surface area contributed by atoms with Crippen molar-refractivity contribution >= 4 is 28.3 Å². The van der Waals surface area contributed by atoms with Crippen LogP contribution in [0.25, 0.3) is 0 Å². The zero-order chi connectivity index (χ0) is 13.7. The molecular formula is C12H18N4O2S. The number of carbonyl (C=O) groups is 2. The molecule has 0 atom stereocenters. The van der Waals surface area contributed by atoms with Crippen molar-refractivity contribution in [2.45, 2.75) is 39.0 Å². The van der Waals surface area contributed by atoms with Gasteiger partial charge >= 0.3 is 0 Å². The van der Waals surface area contributed by atoms with Crippen LogP contribution in [0.2, 0.25) is 0 Å². The van der Waals surface area contributed by atoms with Crippen molar-refractivity contribution in [3.63, 3.8) is 0 Å². The Bertz CT molecular complexity index is 460. The average Bonchev–Trinajstić information content (AvgIpc) is 2.80. The Morgan fingerprint density at radius 2 is 2.26 bits per heavy atom. The van der Waals surface area contributed by atoms with Gasteiger partial charge in [0, 0.05) is 19.4 Å². The topological polar surface area (TPSA) is 75.2 Å². The summed E-state index contributed by atoms with van der Waals surface area (Å²) in [6.07, 6.45) is 4.32. The molecular weight excluding hydrogens is 264 g/mol. The van der Waals surface area contributed by atoms with Gasteiger partial charge in [-0.3, -0.25) is 14.9 Å². The average molecular weight is 282 g/mol. The molecule has 1 aromatic rings. The lowest BCUT2D eigenvalue weighted by molar-refractivity contribution is -0.136. The first kappa shape index (κ1) is 13.9. The highest BCUT2D eigenvalue weighted by molar-refractivity contribution is 7.15. The molecule has 1 aliphatic heterocycles. The first-order valence-electron chi connectivity index (χ1n) is 6.59. The summed E-state index contributed by atoms with van der Waals surface area (Å²) in [6.45, 7) is 2.85. The molecule has 0 aromatic carbocycles. The lowest BCUT2D eigenvalue weighted by atomic mass is 10.1. The quantitative estimate of drug-likeness (QED) is 0.886. The van der Waals surface area contributed by atoms with E-state index < -0.39 is 0 Å². The highest BCUT2D eigenvalue weighted by atomic mass is 32.1. The summed E-state index contributed by atoms with van der Waals surface area (Å²) in [5, 5.41) is 12.0. The van der Waals surface area contributed by atoms with Crippen molar-refractivity contribution in [1.82, 2.24) is 15.1 Å². The molecule has 7 heteroatoms. The molecule has 2 amide bonds. The van der Waals surface area contributed by atoms with Crippen molar-refractivity contribution < 1.29 is 9.59 Å². The van der Waals surface area contributed by atoms with E-state index in [1.54, 1.807) is 4.90 Å². The van der Waals surface area contributed by atoms with Crippen LogP contribution in [-0.4, -0.2) is 40.0 Å². The van der Waals surface area contributed by atoms with E-state index in [1.165, 1.54) is 11.3 Å². The summed E-state index contributed by atoms with van der Waals surface area (Å²) in [7, 11) is 0. The van der Waals surface area contributed by atoms with Crippen LogP contribution in [0.3, 0.4) is 0 Å². The Kier molecular flexibility index (Phi) is 4.84. The van der Waals surface area contributed by atoms with Crippen molar-refractivity contribution in [2.75, 3.05) is 18.4 Å². The molecule has 0 aliphatic carbocycles. The maximum atomic E-state index is 11.8. The zero-order valence-corrected chi connectivity index (χ0v) is 11.8. The minimum Gasteiger partial charge on any atom is -0.333 e. The van der Waals surface area contributed by atoms with Crippen LogP contribution in [0.4, 0.5) is 5.13 Å². The summed E-state index contributed by atoms with van der Waals surface area (Å²) >= 11 is 1.39. The van der Waals surface area contributed by atoms with Crippen LogP contribution in [0.15, 0.2) is 0 Å². The number of aryl methyl sites for hydroxylation is 1. The number of anilines is 1. The van der Waals surface area contributed by atoms with Crippen LogP contribution in [-0.2, 0) is 16.0 Å². The Morgan fingerprint density at radius 1 is 1.42 bits per heavy atom. The van der Waals surface area contributed by atoms with Crippen molar-refractivity contribution in [3.8, 4) is 0 Å². The summed E-state index contributed by atoms with van der Waals surface area (Å²) < 4.78 is 0. The van der Waals surface area contributed by atoms with Crippen LogP contribution >= 0.6 is 11.3 Å². The fourth-order valence-corrected chi connectivity index (χ4v) is 2.84. The van der Waals surface area contributed by atoms with Gasteiger partial charge in [0.05, 0.1) is 6.54 Å². The predicted octanol–water partition coefficient (Wildman–Crippen LogP) is 1.44. The van der Waals surface area contributed by atoms with Gasteiger partial charge in [0.2, 0.25) is 16.9 Å². The van der Waals surface area contributed by atoms with E-state index in [-0.39, 0.29) is 18.4 Å². The van der Waals surface area contributed by atoms with Gasteiger partial charge in [0.15, 0.2) is 0 Å². The molecule has 6 nitrogen and oxygen atoms in total. The van der Waals surface area contributed by atoms with Crippen LogP contribution < -0.4 is 5.32 Å². The predicted molar refractivity (Wildman–Crippen MR) is 73.0 cm³/mol. The SMILES string of the molecule is CCCc1nnc(NC(=O)CN2CCCCC2=O)s1. The number of hydrogen-bond donors (Lipinski definition) is 1. The second kappa shape index (κ2) is 6.60. The van der Waals surface area contributed by atoms with Crippen LogP contribution in [0.5, 0.6) is 0 Å². The second-order valence-corrected chi connectivity index (χ2v) is 5.63. The van der Waals surface area contributed by atoms with Gasteiger partial charge in [0.25, 0.3) is 0 Å². The molecule has 1 saturated heterocycles. The number of carbonyl (C=O) groups excluding carboxylic acids is 2. The minimum atomic E-state index is -0.200. The molecule has 19 heavy (non-hydrogen) atoms. The number of amides is 2. The van der Waals surface area contributed by atoms with E-state index in [0.29, 0.717) is 18.1 Å². The summed E-state index contributed by atoms with van der Waals surface area (Å²) in [5.74, 6) is -0.139. The third kappa shape index (κ3) is 3.99. The summed E-state index contributed by atoms with van der Waals surface area (Å²) in [4.78, 5) is 25.0. The number of nitrogens with one attached hydrogen (secondary N) is 1. The second-order valence-electron chi connectivity index (χ2n) is 4.57. The molecule has 0 spiro atoms. The fourth-order valence-electron chi connectivity index (χ4n) is 1.98. The maximum Gasteiger partial charge on any atom is 0.245 e. The van der Waals surface area contributed by atoms with Crippen molar-refractivity contribution in [3.05, 3.63) is 5.01 Å². The van der Waals surface area contributed by atoms with E-state index in [4.69, 9.17) is 0 Å². The monoisotopic (exact) mass is 282 g/mol. The number of nitrogens with zero attached hydrogens (tertiary/aromatic N) is 3. The normalized spacial score (nSPS) is 15.6. The molecule has 0 bridgehead atoms. The first-order chi connectivity index (χ1) is 9.19. The van der Waals surface area contributed by atoms with E-state index in [9.17, 15) is 9.59 Å². The molecule has 0 unspecified atom stereocenters. The molecule has 1 N–H and O–H groups in total. The van der Waals surface area contributed by atoms with Gasteiger partial charge in [-0.1, -0.05) is 18.3 Å². The van der Waals surface area contributed by atoms with Gasteiger partial charge in [0.1, 0.15) is 5.01 Å². The third-order valence-corrected chi connectivity index (χ3v) is 3.83. The molecule has 0 saturated carbocycles. The van der Waals surface area contributed by atoms with Crippen molar-refractivity contribution in [1.29, 1.82) is 0 Å². The number of likely N-dealkylation sites (tertiary alicyclic amines) is 1. The van der Waals surface area contributed by atoms with Gasteiger partial charge in [-0.05, 0) is 19.3 Å². The van der Waals surface area contributed by atoms with E-state index in [1.807, 2.05) is 0 Å².